The summed E-state index contributed by atoms with van der Waals surface area (Å²) >= 11 is 1.23. The summed E-state index contributed by atoms with van der Waals surface area (Å²) in [4.78, 5) is 32.8. The number of amides is 1. The van der Waals surface area contributed by atoms with Gasteiger partial charge in [-0.1, -0.05) is 23.5 Å². The number of ketones is 1. The first-order valence-corrected chi connectivity index (χ1v) is 12.8. The fourth-order valence-corrected chi connectivity index (χ4v) is 5.66. The molecule has 1 unspecified atom stereocenters. The Bertz CT molecular complexity index is 1630. The third kappa shape index (κ3) is 3.99. The van der Waals surface area contributed by atoms with Gasteiger partial charge in [-0.05, 0) is 61.0 Å². The van der Waals surface area contributed by atoms with Crippen LogP contribution in [-0.4, -0.2) is 46.7 Å². The summed E-state index contributed by atoms with van der Waals surface area (Å²) in [7, 11) is 0. The summed E-state index contributed by atoms with van der Waals surface area (Å²) < 4.78 is 17.5. The van der Waals surface area contributed by atoms with Crippen molar-refractivity contribution in [2.24, 2.45) is 0 Å². The number of aromatic nitrogens is 1. The van der Waals surface area contributed by atoms with Gasteiger partial charge in [0.25, 0.3) is 5.78 Å². The fourth-order valence-electron chi connectivity index (χ4n) is 4.64. The molecule has 3 aromatic carbocycles. The minimum absolute atomic E-state index is 0.0435. The molecule has 1 amide bonds. The maximum Gasteiger partial charge on any atom is 0.301 e. The number of anilines is 1. The Morgan fingerprint density at radius 2 is 1.89 bits per heavy atom. The highest BCUT2D eigenvalue weighted by Gasteiger charge is 2.48. The molecule has 192 valence electrons. The van der Waals surface area contributed by atoms with E-state index in [1.165, 1.54) is 28.4 Å². The van der Waals surface area contributed by atoms with Crippen LogP contribution >= 0.6 is 11.3 Å². The molecule has 0 aliphatic carbocycles. The maximum absolute atomic E-state index is 13.5. The van der Waals surface area contributed by atoms with Crippen LogP contribution in [0.4, 0.5) is 5.13 Å². The second-order valence-corrected chi connectivity index (χ2v) is 9.69. The summed E-state index contributed by atoms with van der Waals surface area (Å²) in [5.74, 6) is -0.478. The zero-order chi connectivity index (χ0) is 26.4. The molecule has 0 saturated carbocycles. The fraction of sp³-hybridized carbons (Fsp3) is 0.179. The summed E-state index contributed by atoms with van der Waals surface area (Å²) in [5.41, 5.74) is 1.25. The van der Waals surface area contributed by atoms with E-state index < -0.39 is 17.7 Å². The predicted octanol–water partition coefficient (Wildman–Crippen LogP) is 4.80. The molecule has 9 nitrogen and oxygen atoms in total. The third-order valence-electron chi connectivity index (χ3n) is 6.31. The van der Waals surface area contributed by atoms with Gasteiger partial charge in [0, 0.05) is 5.56 Å². The number of benzene rings is 3. The Morgan fingerprint density at radius 3 is 2.68 bits per heavy atom. The molecule has 2 aliphatic heterocycles. The van der Waals surface area contributed by atoms with Crippen molar-refractivity contribution in [1.29, 1.82) is 0 Å². The average Bonchev–Trinajstić information content (AvgIpc) is 3.46. The van der Waals surface area contributed by atoms with E-state index in [0.717, 1.165) is 4.70 Å². The van der Waals surface area contributed by atoms with Gasteiger partial charge in [0.15, 0.2) is 16.6 Å². The van der Waals surface area contributed by atoms with Gasteiger partial charge in [-0.15, -0.1) is 0 Å². The molecule has 0 radical (unpaired) electrons. The van der Waals surface area contributed by atoms with Crippen LogP contribution in [0.25, 0.3) is 16.0 Å². The lowest BCUT2D eigenvalue weighted by molar-refractivity contribution is -0.132. The SMILES string of the molecule is CCOc1ccc2nc(N3C(=O)C(=O)/C(=C(\O)c4ccc5c(c4)OCCO5)C3c3cccc(O)c3)sc2c1. The molecule has 6 rings (SSSR count). The first-order valence-electron chi connectivity index (χ1n) is 12.0. The summed E-state index contributed by atoms with van der Waals surface area (Å²) in [5, 5.41) is 21.9. The van der Waals surface area contributed by atoms with Gasteiger partial charge in [-0.25, -0.2) is 4.98 Å². The highest BCUT2D eigenvalue weighted by Crippen LogP contribution is 2.45. The Kier molecular flexibility index (Phi) is 5.88. The molecule has 3 heterocycles. The van der Waals surface area contributed by atoms with E-state index in [4.69, 9.17) is 14.2 Å². The largest absolute Gasteiger partial charge is 0.508 e. The van der Waals surface area contributed by atoms with Crippen LogP contribution in [0, 0.1) is 0 Å². The lowest BCUT2D eigenvalue weighted by atomic mass is 9.95. The number of aliphatic hydroxyl groups is 1. The number of aromatic hydroxyl groups is 1. The molecule has 2 N–H and O–H groups in total. The van der Waals surface area contributed by atoms with Gasteiger partial charge in [-0.2, -0.15) is 0 Å². The first kappa shape index (κ1) is 23.8. The quantitative estimate of drug-likeness (QED) is 0.215. The molecule has 10 heteroatoms. The van der Waals surface area contributed by atoms with Gasteiger partial charge in [0.1, 0.15) is 30.5 Å². The number of hydrogen-bond acceptors (Lipinski definition) is 9. The molecular weight excluding hydrogens is 508 g/mol. The number of phenols is 1. The summed E-state index contributed by atoms with van der Waals surface area (Å²) in [6.07, 6.45) is 0. The highest BCUT2D eigenvalue weighted by molar-refractivity contribution is 7.22. The molecule has 0 bridgehead atoms. The van der Waals surface area contributed by atoms with E-state index >= 15 is 0 Å². The van der Waals surface area contributed by atoms with Crippen LogP contribution in [0.15, 0.2) is 66.2 Å². The van der Waals surface area contributed by atoms with Crippen LogP contribution in [0.5, 0.6) is 23.0 Å². The van der Waals surface area contributed by atoms with Crippen LogP contribution in [0.1, 0.15) is 24.1 Å². The van der Waals surface area contributed by atoms with Gasteiger partial charge < -0.3 is 24.4 Å². The molecular formula is C28H22N2O7S. The topological polar surface area (TPSA) is 118 Å². The van der Waals surface area contributed by atoms with Crippen molar-refractivity contribution in [3.05, 3.63) is 77.4 Å². The number of aliphatic hydroxyl groups excluding tert-OH is 1. The normalized spacial score (nSPS) is 18.2. The number of ether oxygens (including phenoxy) is 3. The van der Waals surface area contributed by atoms with E-state index in [9.17, 15) is 19.8 Å². The molecule has 1 saturated heterocycles. The van der Waals surface area contributed by atoms with Crippen molar-refractivity contribution in [2.75, 3.05) is 24.7 Å². The highest BCUT2D eigenvalue weighted by atomic mass is 32.1. The number of nitrogens with zero attached hydrogens (tertiary/aromatic N) is 2. The van der Waals surface area contributed by atoms with E-state index in [0.29, 0.717) is 53.7 Å². The molecule has 1 atom stereocenters. The van der Waals surface area contributed by atoms with Crippen LogP contribution in [0.3, 0.4) is 0 Å². The average molecular weight is 531 g/mol. The lowest BCUT2D eigenvalue weighted by Crippen LogP contribution is -2.29. The van der Waals surface area contributed by atoms with Gasteiger partial charge >= 0.3 is 5.91 Å². The van der Waals surface area contributed by atoms with Crippen LogP contribution in [0.2, 0.25) is 0 Å². The van der Waals surface area contributed by atoms with Crippen molar-refractivity contribution in [3.8, 4) is 23.0 Å². The van der Waals surface area contributed by atoms with Crippen molar-refractivity contribution in [3.63, 3.8) is 0 Å². The minimum Gasteiger partial charge on any atom is -0.508 e. The lowest BCUT2D eigenvalue weighted by Gasteiger charge is -2.23. The smallest absolute Gasteiger partial charge is 0.301 e. The second-order valence-electron chi connectivity index (χ2n) is 8.68. The molecule has 2 aliphatic rings. The Hall–Kier alpha value is -4.57. The number of Topliss-reactive ketones (excluding diaryl/α,β-unsaturated/α-hetero) is 1. The number of hydrogen-bond donors (Lipinski definition) is 2. The molecule has 0 spiro atoms. The van der Waals surface area contributed by atoms with E-state index in [1.807, 2.05) is 13.0 Å². The summed E-state index contributed by atoms with van der Waals surface area (Å²) in [6.45, 7) is 3.16. The third-order valence-corrected chi connectivity index (χ3v) is 7.33. The van der Waals surface area contributed by atoms with Crippen molar-refractivity contribution >= 4 is 44.1 Å². The zero-order valence-corrected chi connectivity index (χ0v) is 21.0. The molecule has 1 fully saturated rings. The molecule has 1 aromatic heterocycles. The van der Waals surface area contributed by atoms with Crippen LogP contribution in [-0.2, 0) is 9.59 Å². The van der Waals surface area contributed by atoms with E-state index in [-0.39, 0.29) is 22.2 Å². The number of fused-ring (bicyclic) bond motifs is 2. The Balaban J connectivity index is 1.51. The predicted molar refractivity (Wildman–Crippen MR) is 141 cm³/mol. The number of carbonyl (C=O) groups is 2. The standard InChI is InChI=1S/C28H22N2O7S/c1-2-35-18-7-8-19-22(14-18)38-28(29-19)30-24(15-4-3-5-17(31)12-15)23(26(33)27(30)34)25(32)16-6-9-20-21(13-16)37-11-10-36-20/h3-9,12-14,24,31-32H,2,10-11H2,1H3/b25-23-. The van der Waals surface area contributed by atoms with E-state index in [2.05, 4.69) is 4.98 Å². The van der Waals surface area contributed by atoms with E-state index in [1.54, 1.807) is 42.5 Å². The van der Waals surface area contributed by atoms with Crippen molar-refractivity contribution < 1.29 is 34.0 Å². The number of phenolic OH excluding ortho intramolecular Hbond substituents is 1. The molecule has 38 heavy (non-hydrogen) atoms. The van der Waals surface area contributed by atoms with Crippen LogP contribution < -0.4 is 19.1 Å². The van der Waals surface area contributed by atoms with Gasteiger partial charge in [0.05, 0.1) is 28.4 Å². The Morgan fingerprint density at radius 1 is 1.08 bits per heavy atom. The number of thiazole rings is 1. The second kappa shape index (κ2) is 9.38. The number of carbonyl (C=O) groups excluding carboxylic acids is 2. The summed E-state index contributed by atoms with van der Waals surface area (Å²) in [6, 6.07) is 15.4. The van der Waals surface area contributed by atoms with Gasteiger partial charge in [-0.3, -0.25) is 14.5 Å². The maximum atomic E-state index is 13.5. The first-order chi connectivity index (χ1) is 18.4. The van der Waals surface area contributed by atoms with Gasteiger partial charge in [0.2, 0.25) is 0 Å². The Labute approximate surface area is 221 Å². The molecule has 4 aromatic rings. The monoisotopic (exact) mass is 530 g/mol. The van der Waals surface area contributed by atoms with Crippen molar-refractivity contribution in [2.45, 2.75) is 13.0 Å². The number of rotatable bonds is 5. The zero-order valence-electron chi connectivity index (χ0n) is 20.2. The van der Waals surface area contributed by atoms with Crippen molar-refractivity contribution in [1.82, 2.24) is 4.98 Å². The minimum atomic E-state index is -1.03.